The van der Waals surface area contributed by atoms with Gasteiger partial charge in [-0.15, -0.1) is 0 Å². The maximum atomic E-state index is 12.8. The third-order valence-corrected chi connectivity index (χ3v) is 3.56. The molecule has 4 nitrogen and oxygen atoms in total. The summed E-state index contributed by atoms with van der Waals surface area (Å²) in [5.74, 6) is -0.00251. The third-order valence-electron chi connectivity index (χ3n) is 3.56. The van der Waals surface area contributed by atoms with E-state index in [0.717, 1.165) is 17.7 Å². The van der Waals surface area contributed by atoms with Gasteiger partial charge in [-0.3, -0.25) is 4.79 Å². The Hall–Kier alpha value is -1.55. The lowest BCUT2D eigenvalue weighted by Crippen LogP contribution is -2.41. The number of phenols is 1. The van der Waals surface area contributed by atoms with Gasteiger partial charge in [0.1, 0.15) is 5.75 Å². The van der Waals surface area contributed by atoms with Gasteiger partial charge >= 0.3 is 0 Å². The number of anilines is 1. The molecule has 0 radical (unpaired) electrons. The van der Waals surface area contributed by atoms with Gasteiger partial charge in [0.15, 0.2) is 0 Å². The number of rotatable bonds is 5. The van der Waals surface area contributed by atoms with Crippen molar-refractivity contribution in [3.8, 4) is 5.75 Å². The molecule has 1 aromatic carbocycles. The smallest absolute Gasteiger partial charge is 0.231 e. The Labute approximate surface area is 128 Å². The van der Waals surface area contributed by atoms with E-state index in [-0.39, 0.29) is 23.0 Å². The van der Waals surface area contributed by atoms with E-state index in [1.54, 1.807) is 17.0 Å². The van der Waals surface area contributed by atoms with Crippen LogP contribution in [0.15, 0.2) is 18.2 Å². The molecule has 0 heterocycles. The van der Waals surface area contributed by atoms with Crippen LogP contribution in [0.2, 0.25) is 0 Å². The average molecular weight is 292 g/mol. The number of aromatic hydroxyl groups is 1. The number of nitrogens with two attached hydrogens (primary N) is 1. The van der Waals surface area contributed by atoms with Crippen LogP contribution >= 0.6 is 0 Å². The highest BCUT2D eigenvalue weighted by Gasteiger charge is 2.28. The van der Waals surface area contributed by atoms with Gasteiger partial charge in [-0.25, -0.2) is 0 Å². The minimum atomic E-state index is -0.202. The molecule has 21 heavy (non-hydrogen) atoms. The van der Waals surface area contributed by atoms with E-state index in [9.17, 15) is 9.90 Å². The van der Waals surface area contributed by atoms with E-state index < -0.39 is 0 Å². The maximum absolute atomic E-state index is 12.8. The van der Waals surface area contributed by atoms with Crippen LogP contribution in [-0.2, 0) is 4.79 Å². The van der Waals surface area contributed by atoms with Crippen LogP contribution in [0.4, 0.5) is 5.69 Å². The molecule has 0 aromatic heterocycles. The minimum absolute atomic E-state index is 0.0311. The number of hydrogen-bond donors (Lipinski definition) is 2. The highest BCUT2D eigenvalue weighted by atomic mass is 16.3. The van der Waals surface area contributed by atoms with Gasteiger partial charge < -0.3 is 15.7 Å². The summed E-state index contributed by atoms with van der Waals surface area (Å²) in [5, 5.41) is 9.68. The van der Waals surface area contributed by atoms with Crippen LogP contribution in [0.3, 0.4) is 0 Å². The molecule has 0 aliphatic rings. The van der Waals surface area contributed by atoms with E-state index in [0.29, 0.717) is 13.1 Å². The van der Waals surface area contributed by atoms with Crippen LogP contribution in [0.1, 0.15) is 39.7 Å². The van der Waals surface area contributed by atoms with Crippen molar-refractivity contribution >= 4 is 11.6 Å². The molecule has 0 saturated heterocycles. The lowest BCUT2D eigenvalue weighted by molar-refractivity contribution is -0.123. The highest BCUT2D eigenvalue weighted by Crippen LogP contribution is 2.29. The number of nitrogens with zero attached hydrogens (tertiary/aromatic N) is 1. The largest absolute Gasteiger partial charge is 0.508 e. The quantitative estimate of drug-likeness (QED) is 0.876. The average Bonchev–Trinajstić information content (AvgIpc) is 2.39. The lowest BCUT2D eigenvalue weighted by atomic mass is 9.84. The predicted molar refractivity (Wildman–Crippen MR) is 87.5 cm³/mol. The minimum Gasteiger partial charge on any atom is -0.508 e. The van der Waals surface area contributed by atoms with E-state index in [1.165, 1.54) is 0 Å². The van der Waals surface area contributed by atoms with Crippen molar-refractivity contribution in [2.24, 2.45) is 17.1 Å². The van der Waals surface area contributed by atoms with Crippen LogP contribution in [-0.4, -0.2) is 24.1 Å². The Morgan fingerprint density at radius 3 is 2.48 bits per heavy atom. The van der Waals surface area contributed by atoms with Crippen LogP contribution in [0, 0.1) is 18.3 Å². The van der Waals surface area contributed by atoms with Gasteiger partial charge in [-0.05, 0) is 37.3 Å². The molecule has 1 unspecified atom stereocenters. The Kier molecular flexibility index (Phi) is 5.78. The predicted octanol–water partition coefficient (Wildman–Crippen LogP) is 3.06. The zero-order valence-electron chi connectivity index (χ0n) is 13.8. The molecule has 0 aliphatic heterocycles. The first-order valence-electron chi connectivity index (χ1n) is 7.50. The molecule has 1 atom stereocenters. The number of aryl methyl sites for hydroxylation is 1. The number of hydrogen-bond acceptors (Lipinski definition) is 3. The van der Waals surface area contributed by atoms with E-state index in [2.05, 4.69) is 20.8 Å². The summed E-state index contributed by atoms with van der Waals surface area (Å²) in [6.45, 7) is 11.1. The summed E-state index contributed by atoms with van der Waals surface area (Å²) in [4.78, 5) is 14.5. The number of phenolic OH excluding ortho intramolecular Hbond substituents is 1. The monoisotopic (exact) mass is 292 g/mol. The second kappa shape index (κ2) is 6.94. The summed E-state index contributed by atoms with van der Waals surface area (Å²) >= 11 is 0. The number of benzene rings is 1. The fourth-order valence-corrected chi connectivity index (χ4v) is 2.56. The number of carbonyl (C=O) groups excluding carboxylic acids is 1. The number of amides is 1. The standard InChI is InChI=1S/C17H28N2O2/c1-6-19(15-9-14(20)8-7-12(15)2)16(21)13(11-18)10-17(3,4)5/h7-9,13,20H,6,10-11,18H2,1-5H3. The molecule has 118 valence electrons. The van der Waals surface area contributed by atoms with Gasteiger partial charge in [0.05, 0.1) is 11.6 Å². The summed E-state index contributed by atoms with van der Waals surface area (Å²) in [6.07, 6.45) is 0.747. The van der Waals surface area contributed by atoms with E-state index in [1.807, 2.05) is 19.9 Å². The van der Waals surface area contributed by atoms with E-state index in [4.69, 9.17) is 5.73 Å². The first-order chi connectivity index (χ1) is 9.69. The Morgan fingerprint density at radius 2 is 2.00 bits per heavy atom. The molecular weight excluding hydrogens is 264 g/mol. The summed E-state index contributed by atoms with van der Waals surface area (Å²) in [7, 11) is 0. The SMILES string of the molecule is CCN(C(=O)C(CN)CC(C)(C)C)c1cc(O)ccc1C. The fraction of sp³-hybridized carbons (Fsp3) is 0.588. The van der Waals surface area contributed by atoms with Crippen molar-refractivity contribution in [3.05, 3.63) is 23.8 Å². The molecule has 0 fully saturated rings. The maximum Gasteiger partial charge on any atom is 0.231 e. The van der Waals surface area contributed by atoms with Crippen molar-refractivity contribution < 1.29 is 9.90 Å². The normalized spacial score (nSPS) is 13.0. The van der Waals surface area contributed by atoms with Crippen molar-refractivity contribution in [1.29, 1.82) is 0 Å². The van der Waals surface area contributed by atoms with Crippen LogP contribution in [0.5, 0.6) is 5.75 Å². The van der Waals surface area contributed by atoms with Gasteiger partial charge in [-0.1, -0.05) is 26.8 Å². The Morgan fingerprint density at radius 1 is 1.38 bits per heavy atom. The van der Waals surface area contributed by atoms with Gasteiger partial charge in [0.2, 0.25) is 5.91 Å². The molecule has 4 heteroatoms. The van der Waals surface area contributed by atoms with Crippen molar-refractivity contribution in [2.45, 2.75) is 41.0 Å². The molecule has 1 rings (SSSR count). The Balaban J connectivity index is 3.07. The summed E-state index contributed by atoms with van der Waals surface area (Å²) in [6, 6.07) is 5.09. The summed E-state index contributed by atoms with van der Waals surface area (Å²) in [5.41, 5.74) is 7.60. The van der Waals surface area contributed by atoms with E-state index >= 15 is 0 Å². The molecule has 3 N–H and O–H groups in total. The second-order valence-corrected chi connectivity index (χ2v) is 6.75. The van der Waals surface area contributed by atoms with Crippen molar-refractivity contribution in [1.82, 2.24) is 0 Å². The number of carbonyl (C=O) groups is 1. The van der Waals surface area contributed by atoms with Gasteiger partial charge in [-0.2, -0.15) is 0 Å². The molecule has 1 aromatic rings. The van der Waals surface area contributed by atoms with Gasteiger partial charge in [0.25, 0.3) is 0 Å². The molecule has 1 amide bonds. The molecule has 0 spiro atoms. The van der Waals surface area contributed by atoms with Crippen LogP contribution < -0.4 is 10.6 Å². The zero-order valence-corrected chi connectivity index (χ0v) is 13.8. The second-order valence-electron chi connectivity index (χ2n) is 6.75. The molecule has 0 saturated carbocycles. The van der Waals surface area contributed by atoms with Gasteiger partial charge in [0, 0.05) is 19.2 Å². The van der Waals surface area contributed by atoms with Crippen molar-refractivity contribution in [2.75, 3.05) is 18.0 Å². The Bertz CT molecular complexity index is 492. The molecule has 0 aliphatic carbocycles. The molecule has 0 bridgehead atoms. The highest BCUT2D eigenvalue weighted by molar-refractivity contribution is 5.96. The third kappa shape index (κ3) is 4.74. The fourth-order valence-electron chi connectivity index (χ4n) is 2.56. The lowest BCUT2D eigenvalue weighted by Gasteiger charge is -2.30. The topological polar surface area (TPSA) is 66.6 Å². The van der Waals surface area contributed by atoms with Crippen LogP contribution in [0.25, 0.3) is 0 Å². The first-order valence-corrected chi connectivity index (χ1v) is 7.50. The zero-order chi connectivity index (χ0) is 16.2. The first kappa shape index (κ1) is 17.5. The molecular formula is C17H28N2O2. The van der Waals surface area contributed by atoms with Crippen molar-refractivity contribution in [3.63, 3.8) is 0 Å². The summed E-state index contributed by atoms with van der Waals surface area (Å²) < 4.78 is 0.